The minimum atomic E-state index is -1.02. The molecular formula is C16H21N5O3. The third kappa shape index (κ3) is 3.52. The summed E-state index contributed by atoms with van der Waals surface area (Å²) >= 11 is 0. The van der Waals surface area contributed by atoms with Crippen LogP contribution in [0.4, 0.5) is 5.82 Å². The lowest BCUT2D eigenvalue weighted by atomic mass is 9.97. The van der Waals surface area contributed by atoms with Crippen LogP contribution in [0.3, 0.4) is 0 Å². The van der Waals surface area contributed by atoms with Gasteiger partial charge in [-0.15, -0.1) is 0 Å². The molecule has 1 N–H and O–H groups in total. The summed E-state index contributed by atoms with van der Waals surface area (Å²) in [5.74, 6) is 1.33. The molecule has 128 valence electrons. The van der Waals surface area contributed by atoms with Gasteiger partial charge in [0.15, 0.2) is 5.82 Å². The Balaban J connectivity index is 1.77. The average molecular weight is 331 g/mol. The van der Waals surface area contributed by atoms with Crippen LogP contribution in [-0.2, 0) is 6.42 Å². The molecule has 1 unspecified atom stereocenters. The Kier molecular flexibility index (Phi) is 4.73. The van der Waals surface area contributed by atoms with E-state index in [0.29, 0.717) is 24.2 Å². The maximum Gasteiger partial charge on any atom is 0.341 e. The second kappa shape index (κ2) is 6.94. The number of rotatable bonds is 5. The molecule has 3 heterocycles. The van der Waals surface area contributed by atoms with E-state index in [9.17, 15) is 9.90 Å². The van der Waals surface area contributed by atoms with Crippen LogP contribution >= 0.6 is 0 Å². The Morgan fingerprint density at radius 3 is 3.08 bits per heavy atom. The zero-order chi connectivity index (χ0) is 17.1. The number of hydrogen-bond acceptors (Lipinski definition) is 7. The third-order valence-corrected chi connectivity index (χ3v) is 4.07. The van der Waals surface area contributed by atoms with Gasteiger partial charge in [0.05, 0.1) is 5.92 Å². The van der Waals surface area contributed by atoms with Crippen LogP contribution in [0.2, 0.25) is 0 Å². The summed E-state index contributed by atoms with van der Waals surface area (Å²) in [6.45, 7) is 5.59. The molecule has 1 aliphatic rings. The molecule has 1 atom stereocenters. The molecule has 1 saturated heterocycles. The molecule has 3 rings (SSSR count). The lowest BCUT2D eigenvalue weighted by molar-refractivity contribution is 0.0696. The first-order chi connectivity index (χ1) is 11.5. The maximum absolute atomic E-state index is 11.4. The van der Waals surface area contributed by atoms with Crippen LogP contribution < -0.4 is 4.90 Å². The van der Waals surface area contributed by atoms with Crippen molar-refractivity contribution in [1.82, 2.24) is 20.1 Å². The molecule has 0 saturated carbocycles. The second-order valence-electron chi connectivity index (χ2n) is 6.50. The number of aromatic carboxylic acids is 1. The molecule has 0 aromatic carbocycles. The molecule has 8 heteroatoms. The Hall–Kier alpha value is -2.51. The lowest BCUT2D eigenvalue weighted by Crippen LogP contribution is -2.36. The number of nitrogens with zero attached hydrogens (tertiary/aromatic N) is 5. The zero-order valence-electron chi connectivity index (χ0n) is 13.8. The first kappa shape index (κ1) is 16.4. The summed E-state index contributed by atoms with van der Waals surface area (Å²) in [6.07, 6.45) is 5.35. The van der Waals surface area contributed by atoms with Crippen LogP contribution in [0.25, 0.3) is 0 Å². The highest BCUT2D eigenvalue weighted by Gasteiger charge is 2.29. The monoisotopic (exact) mass is 331 g/mol. The molecular weight excluding hydrogens is 310 g/mol. The third-order valence-electron chi connectivity index (χ3n) is 4.07. The minimum absolute atomic E-state index is 0.0868. The van der Waals surface area contributed by atoms with Crippen molar-refractivity contribution in [2.24, 2.45) is 5.92 Å². The van der Waals surface area contributed by atoms with Gasteiger partial charge in [0.2, 0.25) is 5.89 Å². The number of carboxylic acids is 1. The first-order valence-electron chi connectivity index (χ1n) is 8.15. The van der Waals surface area contributed by atoms with Gasteiger partial charge < -0.3 is 14.5 Å². The van der Waals surface area contributed by atoms with Crippen molar-refractivity contribution in [3.05, 3.63) is 29.8 Å². The summed E-state index contributed by atoms with van der Waals surface area (Å²) in [5, 5.41) is 13.4. The predicted octanol–water partition coefficient (Wildman–Crippen LogP) is 2.14. The fourth-order valence-electron chi connectivity index (χ4n) is 2.98. The highest BCUT2D eigenvalue weighted by molar-refractivity contribution is 5.92. The molecule has 2 aromatic heterocycles. The fraction of sp³-hybridized carbons (Fsp3) is 0.562. The van der Waals surface area contributed by atoms with E-state index in [2.05, 4.69) is 34.0 Å². The normalized spacial score (nSPS) is 18.1. The van der Waals surface area contributed by atoms with E-state index >= 15 is 0 Å². The summed E-state index contributed by atoms with van der Waals surface area (Å²) in [6, 6.07) is 0. The molecule has 0 spiro atoms. The van der Waals surface area contributed by atoms with Gasteiger partial charge in [-0.3, -0.25) is 0 Å². The molecule has 0 bridgehead atoms. The second-order valence-corrected chi connectivity index (χ2v) is 6.50. The highest BCUT2D eigenvalue weighted by Crippen LogP contribution is 2.29. The topological polar surface area (TPSA) is 105 Å². The number of anilines is 1. The Bertz CT molecular complexity index is 715. The molecule has 0 aliphatic carbocycles. The van der Waals surface area contributed by atoms with Gasteiger partial charge in [-0.1, -0.05) is 19.0 Å². The van der Waals surface area contributed by atoms with Crippen molar-refractivity contribution in [2.45, 2.75) is 39.0 Å². The standard InChI is InChI=1S/C16H21N5O3/c1-10(2)6-13-19-15(24-20-13)11-4-3-5-21(8-11)14-12(16(22)23)7-17-9-18-14/h7,9-11H,3-6,8H2,1-2H3,(H,22,23). The highest BCUT2D eigenvalue weighted by atomic mass is 16.5. The molecule has 24 heavy (non-hydrogen) atoms. The van der Waals surface area contributed by atoms with E-state index in [4.69, 9.17) is 4.52 Å². The summed E-state index contributed by atoms with van der Waals surface area (Å²) in [4.78, 5) is 25.8. The first-order valence-corrected chi connectivity index (χ1v) is 8.15. The average Bonchev–Trinajstić information content (AvgIpc) is 3.02. The Morgan fingerprint density at radius 1 is 1.50 bits per heavy atom. The quantitative estimate of drug-likeness (QED) is 0.888. The van der Waals surface area contributed by atoms with Gasteiger partial charge in [0.25, 0.3) is 0 Å². The predicted molar refractivity (Wildman–Crippen MR) is 86.0 cm³/mol. The lowest BCUT2D eigenvalue weighted by Gasteiger charge is -2.32. The van der Waals surface area contributed by atoms with Crippen LogP contribution in [0.15, 0.2) is 17.0 Å². The summed E-state index contributed by atoms with van der Waals surface area (Å²) in [7, 11) is 0. The number of carbonyl (C=O) groups is 1. The van der Waals surface area contributed by atoms with Crippen molar-refractivity contribution in [1.29, 1.82) is 0 Å². The summed E-state index contributed by atoms with van der Waals surface area (Å²) < 4.78 is 5.43. The molecule has 2 aromatic rings. The number of aromatic nitrogens is 4. The zero-order valence-corrected chi connectivity index (χ0v) is 13.8. The summed E-state index contributed by atoms with van der Waals surface area (Å²) in [5.41, 5.74) is 0.115. The van der Waals surface area contributed by atoms with Gasteiger partial charge in [-0.05, 0) is 18.8 Å². The number of piperidine rings is 1. The Labute approximate surface area is 139 Å². The maximum atomic E-state index is 11.4. The number of carboxylic acid groups (broad SMARTS) is 1. The molecule has 0 radical (unpaired) electrons. The van der Waals surface area contributed by atoms with Crippen molar-refractivity contribution < 1.29 is 14.4 Å². The van der Waals surface area contributed by atoms with E-state index in [0.717, 1.165) is 31.6 Å². The van der Waals surface area contributed by atoms with Gasteiger partial charge >= 0.3 is 5.97 Å². The van der Waals surface area contributed by atoms with Gasteiger partial charge in [-0.25, -0.2) is 14.8 Å². The number of hydrogen-bond donors (Lipinski definition) is 1. The van der Waals surface area contributed by atoms with Crippen molar-refractivity contribution in [3.63, 3.8) is 0 Å². The van der Waals surface area contributed by atoms with Crippen LogP contribution in [0.1, 0.15) is 54.7 Å². The minimum Gasteiger partial charge on any atom is -0.477 e. The largest absolute Gasteiger partial charge is 0.477 e. The van der Waals surface area contributed by atoms with Gasteiger partial charge in [0, 0.05) is 25.7 Å². The SMILES string of the molecule is CC(C)Cc1noc(C2CCCN(c3ncncc3C(=O)O)C2)n1. The van der Waals surface area contributed by atoms with E-state index in [1.54, 1.807) is 0 Å². The van der Waals surface area contributed by atoms with E-state index in [1.165, 1.54) is 12.5 Å². The van der Waals surface area contributed by atoms with Crippen LogP contribution in [-0.4, -0.2) is 44.3 Å². The molecule has 1 fully saturated rings. The molecule has 0 amide bonds. The van der Waals surface area contributed by atoms with E-state index < -0.39 is 5.97 Å². The smallest absolute Gasteiger partial charge is 0.341 e. The van der Waals surface area contributed by atoms with Crippen LogP contribution in [0.5, 0.6) is 0 Å². The molecule has 8 nitrogen and oxygen atoms in total. The van der Waals surface area contributed by atoms with Gasteiger partial charge in [0.1, 0.15) is 17.7 Å². The van der Waals surface area contributed by atoms with E-state index in [-0.39, 0.29) is 11.5 Å². The van der Waals surface area contributed by atoms with Crippen molar-refractivity contribution in [3.8, 4) is 0 Å². The van der Waals surface area contributed by atoms with E-state index in [1.807, 2.05) is 4.90 Å². The van der Waals surface area contributed by atoms with Crippen molar-refractivity contribution >= 4 is 11.8 Å². The Morgan fingerprint density at radius 2 is 2.33 bits per heavy atom. The van der Waals surface area contributed by atoms with Gasteiger partial charge in [-0.2, -0.15) is 4.98 Å². The molecule has 1 aliphatic heterocycles. The fourth-order valence-corrected chi connectivity index (χ4v) is 2.98. The van der Waals surface area contributed by atoms with Crippen molar-refractivity contribution in [2.75, 3.05) is 18.0 Å². The van der Waals surface area contributed by atoms with Crippen LogP contribution in [0, 0.1) is 5.92 Å².